The summed E-state index contributed by atoms with van der Waals surface area (Å²) >= 11 is 0. The van der Waals surface area contributed by atoms with E-state index >= 15 is 13.2 Å². The molecule has 1 spiro atoms. The van der Waals surface area contributed by atoms with Crippen LogP contribution in [0, 0.1) is 28.3 Å². The molecule has 12 rings (SSSR count). The van der Waals surface area contributed by atoms with Crippen molar-refractivity contribution in [2.45, 2.75) is 102 Å². The fourth-order valence-electron chi connectivity index (χ4n) is 13.0. The Morgan fingerprint density at radius 2 is 1.58 bits per heavy atom. The van der Waals surface area contributed by atoms with Crippen LogP contribution in [0.25, 0.3) is 32.9 Å². The number of nitrogens with zero attached hydrogens (tertiary/aromatic N) is 8. The number of aliphatic hydroxyl groups is 1. The SMILES string of the molecule is CCc1c(F)ccc2cc(O)cc(-c3ncc4c(N5CCC[C@@](C)(O)C5)nc(OCC5(CN6CCC7(CC6)CC(N6CCN(c8cc9c(cc8F)C(=O)N(C8CCC(=O)NC8=O)C9=O)CC6)C7)CC5)nc4c3F)c12. The number of benzene rings is 3. The van der Waals surface area contributed by atoms with Crippen molar-refractivity contribution in [3.63, 3.8) is 0 Å². The molecule has 3 N–H and O–H groups in total. The molecule has 74 heavy (non-hydrogen) atoms. The number of aromatic hydroxyl groups is 1. The number of carbonyl (C=O) groups is 4. The van der Waals surface area contributed by atoms with E-state index in [0.717, 1.165) is 82.2 Å². The summed E-state index contributed by atoms with van der Waals surface area (Å²) in [6.45, 7) is 10.2. The molecule has 7 heterocycles. The quantitative estimate of drug-likeness (QED) is 0.122. The van der Waals surface area contributed by atoms with E-state index in [1.165, 1.54) is 30.5 Å². The molecule has 5 aromatic rings. The fourth-order valence-corrected chi connectivity index (χ4v) is 13.0. The van der Waals surface area contributed by atoms with Gasteiger partial charge in [-0.05, 0) is 136 Å². The fraction of sp³-hybridized carbons (Fsp3) is 0.509. The number of halogens is 3. The summed E-state index contributed by atoms with van der Waals surface area (Å²) in [5, 5.41) is 25.4. The number of β-amino-alcohol motifs (C(OH)–C–C–N with tert-alkyl or cyclic N) is 1. The summed E-state index contributed by atoms with van der Waals surface area (Å²) in [5.41, 5.74) is 0.0178. The van der Waals surface area contributed by atoms with Crippen LogP contribution in [0.3, 0.4) is 0 Å². The van der Waals surface area contributed by atoms with Crippen molar-refractivity contribution in [2.24, 2.45) is 10.8 Å². The lowest BCUT2D eigenvalue weighted by atomic mass is 9.60. The van der Waals surface area contributed by atoms with Crippen LogP contribution in [-0.4, -0.2) is 147 Å². The normalized spacial score (nSPS) is 24.2. The Kier molecular flexibility index (Phi) is 11.9. The van der Waals surface area contributed by atoms with Crippen LogP contribution in [0.4, 0.5) is 24.7 Å². The van der Waals surface area contributed by atoms with Gasteiger partial charge in [0.1, 0.15) is 40.5 Å². The zero-order valence-electron chi connectivity index (χ0n) is 41.7. The van der Waals surface area contributed by atoms with Gasteiger partial charge in [0, 0.05) is 75.5 Å². The summed E-state index contributed by atoms with van der Waals surface area (Å²) in [6, 6.07) is 7.75. The number of pyridine rings is 1. The van der Waals surface area contributed by atoms with Crippen LogP contribution in [-0.2, 0) is 16.0 Å². The van der Waals surface area contributed by atoms with Gasteiger partial charge < -0.3 is 29.6 Å². The molecule has 2 aromatic heterocycles. The first-order valence-corrected chi connectivity index (χ1v) is 26.2. The largest absolute Gasteiger partial charge is 0.508 e. The maximum Gasteiger partial charge on any atom is 0.319 e. The molecule has 5 aliphatic heterocycles. The maximum absolute atomic E-state index is 17.2. The minimum Gasteiger partial charge on any atom is -0.508 e. The molecule has 2 atom stereocenters. The van der Waals surface area contributed by atoms with Crippen molar-refractivity contribution in [3.8, 4) is 23.0 Å². The number of piperazine rings is 1. The monoisotopic (exact) mass is 1020 g/mol. The number of rotatable bonds is 11. The Morgan fingerprint density at radius 1 is 0.838 bits per heavy atom. The van der Waals surface area contributed by atoms with Gasteiger partial charge in [-0.15, -0.1) is 0 Å². The summed E-state index contributed by atoms with van der Waals surface area (Å²) in [6.07, 6.45) is 9.57. The van der Waals surface area contributed by atoms with Gasteiger partial charge in [-0.1, -0.05) is 13.0 Å². The molecule has 3 aromatic carbocycles. The highest BCUT2D eigenvalue weighted by molar-refractivity contribution is 6.23. The zero-order valence-corrected chi connectivity index (χ0v) is 41.7. The number of carbonyl (C=O) groups excluding carboxylic acids is 4. The van der Waals surface area contributed by atoms with Gasteiger partial charge in [-0.25, -0.2) is 13.2 Å². The number of hydrogen-bond acceptors (Lipinski definition) is 14. The highest BCUT2D eigenvalue weighted by atomic mass is 19.1. The molecule has 16 nitrogen and oxygen atoms in total. The van der Waals surface area contributed by atoms with E-state index in [1.54, 1.807) is 13.0 Å². The lowest BCUT2D eigenvalue weighted by Crippen LogP contribution is -2.59. The van der Waals surface area contributed by atoms with Gasteiger partial charge in [0.15, 0.2) is 5.82 Å². The van der Waals surface area contributed by atoms with E-state index in [9.17, 15) is 29.4 Å². The highest BCUT2D eigenvalue weighted by Crippen LogP contribution is 2.53. The summed E-state index contributed by atoms with van der Waals surface area (Å²) in [4.78, 5) is 74.8. The van der Waals surface area contributed by atoms with Gasteiger partial charge in [0.2, 0.25) is 11.8 Å². The number of anilines is 2. The van der Waals surface area contributed by atoms with Crippen molar-refractivity contribution in [2.75, 3.05) is 75.3 Å². The van der Waals surface area contributed by atoms with E-state index in [4.69, 9.17) is 9.72 Å². The second-order valence-corrected chi connectivity index (χ2v) is 22.5. The standard InChI is InChI=1S/C55H60F3N9O7/c1-3-34-39(56)6-5-31-21-33(68)22-37(44(31)34)46-45(58)47-38(27-59-46)48(66-14-4-9-53(2,73)28-66)62-52(61-47)74-30-55(10-11-55)29-63-15-12-54(13-16-63)25-32(26-54)64-17-19-65(20-18-64)42-24-36-35(23-40(42)57)50(71)67(51(36)72)41-7-8-43(69)60-49(41)70/h5-6,21-24,27,32,41,68,73H,3-4,7-20,25-26,28-30H2,1-2H3,(H,60,69,70)/t41?,53-/m1/s1. The summed E-state index contributed by atoms with van der Waals surface area (Å²) in [5.74, 6) is -3.99. The molecule has 6 fully saturated rings. The molecule has 19 heteroatoms. The van der Waals surface area contributed by atoms with Crippen LogP contribution >= 0.6 is 0 Å². The van der Waals surface area contributed by atoms with E-state index in [-0.39, 0.29) is 75.6 Å². The number of hydrogen-bond donors (Lipinski definition) is 3. The Hall–Kier alpha value is -6.44. The minimum absolute atomic E-state index is 0.00691. The molecule has 0 bridgehead atoms. The number of likely N-dealkylation sites (tertiary alicyclic amines) is 1. The number of fused-ring (bicyclic) bond motifs is 3. The smallest absolute Gasteiger partial charge is 0.319 e. The molecular weight excluding hydrogens is 956 g/mol. The second kappa shape index (κ2) is 18.1. The third-order valence-corrected chi connectivity index (χ3v) is 17.3. The predicted octanol–water partition coefficient (Wildman–Crippen LogP) is 6.51. The average molecular weight is 1020 g/mol. The number of phenolic OH excluding ortho intramolecular Hbond substituents is 1. The Labute approximate surface area is 425 Å². The number of ether oxygens (including phenoxy) is 1. The molecule has 1 unspecified atom stereocenters. The van der Waals surface area contributed by atoms with Gasteiger partial charge in [0.05, 0.1) is 34.4 Å². The molecule has 4 amide bonds. The number of amides is 4. The number of aryl methyl sites for hydroxylation is 1. The molecule has 388 valence electrons. The van der Waals surface area contributed by atoms with Crippen molar-refractivity contribution in [3.05, 3.63) is 76.7 Å². The third-order valence-electron chi connectivity index (χ3n) is 17.3. The van der Waals surface area contributed by atoms with E-state index in [0.29, 0.717) is 79.1 Å². The zero-order chi connectivity index (χ0) is 51.4. The molecule has 7 aliphatic rings. The molecular formula is C55H60F3N9O7. The Bertz CT molecular complexity index is 3160. The highest BCUT2D eigenvalue weighted by Gasteiger charge is 2.51. The molecule has 2 saturated carbocycles. The first-order chi connectivity index (χ1) is 35.5. The second-order valence-electron chi connectivity index (χ2n) is 22.5. The van der Waals surface area contributed by atoms with Crippen molar-refractivity contribution >= 4 is 56.8 Å². The van der Waals surface area contributed by atoms with Crippen molar-refractivity contribution in [1.82, 2.24) is 35.0 Å². The average Bonchev–Trinajstić information content (AvgIpc) is 4.10. The number of piperidine rings is 3. The first kappa shape index (κ1) is 48.5. The third kappa shape index (κ3) is 8.57. The van der Waals surface area contributed by atoms with Crippen LogP contribution in [0.5, 0.6) is 11.8 Å². The van der Waals surface area contributed by atoms with Gasteiger partial charge in [-0.3, -0.25) is 39.3 Å². The number of aromatic nitrogens is 3. The molecule has 4 saturated heterocycles. The lowest BCUT2D eigenvalue weighted by Gasteiger charge is -2.56. The van der Waals surface area contributed by atoms with Gasteiger partial charge in [-0.2, -0.15) is 9.97 Å². The van der Waals surface area contributed by atoms with E-state index in [2.05, 4.69) is 25.1 Å². The van der Waals surface area contributed by atoms with Crippen molar-refractivity contribution < 1.29 is 47.3 Å². The van der Waals surface area contributed by atoms with Gasteiger partial charge >= 0.3 is 6.01 Å². The molecule has 2 aliphatic carbocycles. The summed E-state index contributed by atoms with van der Waals surface area (Å²) < 4.78 is 54.5. The van der Waals surface area contributed by atoms with Gasteiger partial charge in [0.25, 0.3) is 11.8 Å². The van der Waals surface area contributed by atoms with Crippen LogP contribution < -0.4 is 19.9 Å². The van der Waals surface area contributed by atoms with E-state index < -0.39 is 52.7 Å². The van der Waals surface area contributed by atoms with Crippen molar-refractivity contribution in [1.29, 1.82) is 0 Å². The predicted molar refractivity (Wildman–Crippen MR) is 268 cm³/mol. The maximum atomic E-state index is 17.2. The summed E-state index contributed by atoms with van der Waals surface area (Å²) in [7, 11) is 0. The van der Waals surface area contributed by atoms with Crippen LogP contribution in [0.1, 0.15) is 104 Å². The minimum atomic E-state index is -1.11. The topological polar surface area (TPSA) is 185 Å². The number of nitrogens with one attached hydrogen (secondary N) is 1. The number of phenols is 1. The van der Waals surface area contributed by atoms with Crippen LogP contribution in [0.2, 0.25) is 0 Å². The Balaban J connectivity index is 0.682. The van der Waals surface area contributed by atoms with Crippen LogP contribution in [0.15, 0.2) is 42.6 Å². The number of imide groups is 2. The molecule has 0 radical (unpaired) electrons. The Morgan fingerprint density at radius 3 is 2.28 bits per heavy atom. The van der Waals surface area contributed by atoms with E-state index in [1.807, 2.05) is 16.7 Å². The lowest BCUT2D eigenvalue weighted by molar-refractivity contribution is -0.136. The first-order valence-electron chi connectivity index (χ1n) is 26.2.